The number of hydrogen-bond acceptors (Lipinski definition) is 4. The molecule has 1 aliphatic rings. The highest BCUT2D eigenvalue weighted by Gasteiger charge is 2.31. The summed E-state index contributed by atoms with van der Waals surface area (Å²) in [4.78, 5) is 21.0. The molecule has 1 aliphatic heterocycles. The topological polar surface area (TPSA) is 81.5 Å². The highest BCUT2D eigenvalue weighted by molar-refractivity contribution is 5.70. The standard InChI is InChI=1S/C10H10N2O4/c1-6-9(16-10(13)11-6)7-2-4-8(5-3-7)12(14)15/h2-6,9H,1H3,(H,11,13)/t6-,9-/m0/s1. The van der Waals surface area contributed by atoms with Crippen LogP contribution < -0.4 is 5.32 Å². The van der Waals surface area contributed by atoms with Crippen molar-refractivity contribution in [2.45, 2.75) is 19.1 Å². The summed E-state index contributed by atoms with van der Waals surface area (Å²) < 4.78 is 5.04. The van der Waals surface area contributed by atoms with E-state index in [0.717, 1.165) is 5.56 Å². The SMILES string of the molecule is C[C@@H]1NC(=O)O[C@@H]1c1ccc([N+](=O)[O-])cc1. The molecule has 1 N–H and O–H groups in total. The van der Waals surface area contributed by atoms with E-state index in [4.69, 9.17) is 4.74 Å². The molecule has 0 aromatic heterocycles. The lowest BCUT2D eigenvalue weighted by Crippen LogP contribution is -2.23. The van der Waals surface area contributed by atoms with E-state index in [1.807, 2.05) is 6.92 Å². The molecule has 1 saturated heterocycles. The summed E-state index contributed by atoms with van der Waals surface area (Å²) >= 11 is 0. The first-order chi connectivity index (χ1) is 7.58. The molecule has 0 spiro atoms. The molecule has 84 valence electrons. The number of ether oxygens (including phenoxy) is 1. The molecule has 1 heterocycles. The van der Waals surface area contributed by atoms with Crippen molar-refractivity contribution in [1.82, 2.24) is 5.32 Å². The summed E-state index contributed by atoms with van der Waals surface area (Å²) in [5.41, 5.74) is 0.769. The van der Waals surface area contributed by atoms with Gasteiger partial charge in [-0.15, -0.1) is 0 Å². The Morgan fingerprint density at radius 1 is 1.38 bits per heavy atom. The average molecular weight is 222 g/mol. The highest BCUT2D eigenvalue weighted by atomic mass is 16.6. The number of nitrogens with one attached hydrogen (secondary N) is 1. The van der Waals surface area contributed by atoms with E-state index in [-0.39, 0.29) is 17.8 Å². The maximum atomic E-state index is 11.0. The van der Waals surface area contributed by atoms with Crippen LogP contribution in [-0.4, -0.2) is 17.1 Å². The number of nitrogens with zero attached hydrogens (tertiary/aromatic N) is 1. The lowest BCUT2D eigenvalue weighted by molar-refractivity contribution is -0.384. The van der Waals surface area contributed by atoms with Crippen LogP contribution in [0.25, 0.3) is 0 Å². The molecule has 1 amide bonds. The molecular formula is C10H10N2O4. The average Bonchev–Trinajstić information content (AvgIpc) is 2.58. The number of amides is 1. The Balaban J connectivity index is 2.22. The minimum atomic E-state index is -0.466. The van der Waals surface area contributed by atoms with E-state index in [2.05, 4.69) is 5.32 Å². The zero-order valence-electron chi connectivity index (χ0n) is 8.54. The second kappa shape index (κ2) is 3.80. The van der Waals surface area contributed by atoms with Crippen molar-refractivity contribution in [3.05, 3.63) is 39.9 Å². The number of nitro benzene ring substituents is 1. The Morgan fingerprint density at radius 3 is 2.44 bits per heavy atom. The van der Waals surface area contributed by atoms with E-state index < -0.39 is 11.0 Å². The van der Waals surface area contributed by atoms with Crippen molar-refractivity contribution in [2.24, 2.45) is 0 Å². The molecule has 6 nitrogen and oxygen atoms in total. The predicted octanol–water partition coefficient (Wildman–Crippen LogP) is 1.76. The number of benzene rings is 1. The van der Waals surface area contributed by atoms with Gasteiger partial charge in [-0.25, -0.2) is 4.79 Å². The normalized spacial score (nSPS) is 23.7. The Labute approximate surface area is 91.4 Å². The molecule has 0 radical (unpaired) electrons. The van der Waals surface area contributed by atoms with Crippen molar-refractivity contribution < 1.29 is 14.5 Å². The first kappa shape index (κ1) is 10.4. The van der Waals surface area contributed by atoms with Gasteiger partial charge >= 0.3 is 6.09 Å². The van der Waals surface area contributed by atoms with Crippen molar-refractivity contribution >= 4 is 11.8 Å². The van der Waals surface area contributed by atoms with Crippen molar-refractivity contribution in [3.8, 4) is 0 Å². The summed E-state index contributed by atoms with van der Waals surface area (Å²) in [5, 5.41) is 13.1. The fourth-order valence-corrected chi connectivity index (χ4v) is 1.66. The van der Waals surface area contributed by atoms with Gasteiger partial charge in [0.2, 0.25) is 0 Å². The first-order valence-electron chi connectivity index (χ1n) is 4.79. The number of rotatable bonds is 2. The molecule has 16 heavy (non-hydrogen) atoms. The molecule has 1 aromatic carbocycles. The van der Waals surface area contributed by atoms with Crippen LogP contribution in [-0.2, 0) is 4.74 Å². The third kappa shape index (κ3) is 1.81. The summed E-state index contributed by atoms with van der Waals surface area (Å²) in [6, 6.07) is 5.86. The van der Waals surface area contributed by atoms with E-state index in [0.29, 0.717) is 0 Å². The largest absolute Gasteiger partial charge is 0.439 e. The minimum Gasteiger partial charge on any atom is -0.439 e. The maximum absolute atomic E-state index is 11.0. The van der Waals surface area contributed by atoms with E-state index in [1.165, 1.54) is 12.1 Å². The fourth-order valence-electron chi connectivity index (χ4n) is 1.66. The lowest BCUT2D eigenvalue weighted by Gasteiger charge is -2.12. The number of hydrogen-bond donors (Lipinski definition) is 1. The first-order valence-corrected chi connectivity index (χ1v) is 4.79. The van der Waals surface area contributed by atoms with E-state index >= 15 is 0 Å². The molecule has 0 saturated carbocycles. The monoisotopic (exact) mass is 222 g/mol. The highest BCUT2D eigenvalue weighted by Crippen LogP contribution is 2.27. The van der Waals surface area contributed by atoms with Gasteiger partial charge in [-0.2, -0.15) is 0 Å². The van der Waals surface area contributed by atoms with Gasteiger partial charge in [0.25, 0.3) is 5.69 Å². The number of carbonyl (C=O) groups excluding carboxylic acids is 1. The van der Waals surface area contributed by atoms with Crippen LogP contribution in [0.1, 0.15) is 18.6 Å². The molecule has 6 heteroatoms. The van der Waals surface area contributed by atoms with Crippen LogP contribution in [0.15, 0.2) is 24.3 Å². The van der Waals surface area contributed by atoms with Gasteiger partial charge in [0.05, 0.1) is 11.0 Å². The fraction of sp³-hybridized carbons (Fsp3) is 0.300. The summed E-state index contributed by atoms with van der Waals surface area (Å²) in [5.74, 6) is 0. The van der Waals surface area contributed by atoms with Gasteiger partial charge in [-0.3, -0.25) is 10.1 Å². The van der Waals surface area contributed by atoms with Gasteiger partial charge in [-0.05, 0) is 24.6 Å². The number of non-ortho nitro benzene ring substituents is 1. The van der Waals surface area contributed by atoms with Gasteiger partial charge in [0.15, 0.2) is 0 Å². The summed E-state index contributed by atoms with van der Waals surface area (Å²) in [6.45, 7) is 1.82. The number of cyclic esters (lactones) is 1. The second-order valence-electron chi connectivity index (χ2n) is 3.61. The minimum absolute atomic E-state index is 0.0219. The third-order valence-corrected chi connectivity index (χ3v) is 2.47. The van der Waals surface area contributed by atoms with Crippen LogP contribution >= 0.6 is 0 Å². The summed E-state index contributed by atoms with van der Waals surface area (Å²) in [7, 11) is 0. The number of alkyl carbamates (subject to hydrolysis) is 1. The Morgan fingerprint density at radius 2 is 2.00 bits per heavy atom. The lowest BCUT2D eigenvalue weighted by atomic mass is 10.0. The Hall–Kier alpha value is -2.11. The predicted molar refractivity (Wildman–Crippen MR) is 54.9 cm³/mol. The van der Waals surface area contributed by atoms with Gasteiger partial charge in [-0.1, -0.05) is 0 Å². The molecule has 0 bridgehead atoms. The molecule has 2 rings (SSSR count). The Bertz CT molecular complexity index is 429. The number of nitro groups is 1. The van der Waals surface area contributed by atoms with Crippen LogP contribution in [0.4, 0.5) is 10.5 Å². The van der Waals surface area contributed by atoms with Crippen LogP contribution in [0.3, 0.4) is 0 Å². The van der Waals surface area contributed by atoms with Gasteiger partial charge < -0.3 is 10.1 Å². The third-order valence-electron chi connectivity index (χ3n) is 2.47. The maximum Gasteiger partial charge on any atom is 0.408 e. The quantitative estimate of drug-likeness (QED) is 0.610. The van der Waals surface area contributed by atoms with Gasteiger partial charge in [0.1, 0.15) is 6.10 Å². The van der Waals surface area contributed by atoms with Crippen molar-refractivity contribution in [3.63, 3.8) is 0 Å². The zero-order valence-corrected chi connectivity index (χ0v) is 8.54. The smallest absolute Gasteiger partial charge is 0.408 e. The Kier molecular flexibility index (Phi) is 2.47. The summed E-state index contributed by atoms with van der Waals surface area (Å²) in [6.07, 6.45) is -0.843. The molecule has 2 atom stereocenters. The van der Waals surface area contributed by atoms with Crippen molar-refractivity contribution in [1.29, 1.82) is 0 Å². The zero-order chi connectivity index (χ0) is 11.7. The molecule has 0 aliphatic carbocycles. The number of carbonyl (C=O) groups is 1. The molecule has 1 aromatic rings. The molecule has 0 unspecified atom stereocenters. The molecular weight excluding hydrogens is 212 g/mol. The molecule has 1 fully saturated rings. The van der Waals surface area contributed by atoms with Gasteiger partial charge in [0, 0.05) is 12.1 Å². The van der Waals surface area contributed by atoms with Crippen LogP contribution in [0, 0.1) is 10.1 Å². The van der Waals surface area contributed by atoms with E-state index in [1.54, 1.807) is 12.1 Å². The van der Waals surface area contributed by atoms with E-state index in [9.17, 15) is 14.9 Å². The van der Waals surface area contributed by atoms with Crippen LogP contribution in [0.5, 0.6) is 0 Å². The van der Waals surface area contributed by atoms with Crippen LogP contribution in [0.2, 0.25) is 0 Å². The van der Waals surface area contributed by atoms with Crippen molar-refractivity contribution in [2.75, 3.05) is 0 Å². The second-order valence-corrected chi connectivity index (χ2v) is 3.61.